The summed E-state index contributed by atoms with van der Waals surface area (Å²) >= 11 is 0. The molecule has 0 saturated carbocycles. The predicted molar refractivity (Wildman–Crippen MR) is 83.8 cm³/mol. The van der Waals surface area contributed by atoms with Crippen LogP contribution in [0.15, 0.2) is 36.8 Å². The number of nitrogens with zero attached hydrogens (tertiary/aromatic N) is 4. The van der Waals surface area contributed by atoms with Gasteiger partial charge in [0, 0.05) is 24.8 Å². The molecule has 5 heteroatoms. The molecule has 3 aromatic rings. The van der Waals surface area contributed by atoms with Crippen LogP contribution in [0.1, 0.15) is 25.2 Å². The van der Waals surface area contributed by atoms with Crippen molar-refractivity contribution >= 4 is 10.9 Å². The second kappa shape index (κ2) is 5.69. The van der Waals surface area contributed by atoms with Gasteiger partial charge in [0.2, 0.25) is 0 Å². The summed E-state index contributed by atoms with van der Waals surface area (Å²) in [5.74, 6) is 1.54. The van der Waals surface area contributed by atoms with E-state index >= 15 is 0 Å². The van der Waals surface area contributed by atoms with Gasteiger partial charge in [0.1, 0.15) is 12.2 Å². The van der Waals surface area contributed by atoms with E-state index in [0.717, 1.165) is 24.5 Å². The fourth-order valence-electron chi connectivity index (χ4n) is 2.56. The van der Waals surface area contributed by atoms with Crippen LogP contribution in [-0.4, -0.2) is 19.3 Å². The van der Waals surface area contributed by atoms with Crippen molar-refractivity contribution in [2.24, 2.45) is 11.7 Å². The van der Waals surface area contributed by atoms with Gasteiger partial charge in [-0.25, -0.2) is 9.67 Å². The quantitative estimate of drug-likeness (QED) is 0.782. The average Bonchev–Trinajstić information content (AvgIpc) is 3.06. The number of hydrogen-bond acceptors (Lipinski definition) is 3. The molecule has 0 amide bonds. The molecule has 0 aliphatic carbocycles. The number of benzene rings is 1. The third-order valence-electron chi connectivity index (χ3n) is 3.62. The maximum absolute atomic E-state index is 5.74. The summed E-state index contributed by atoms with van der Waals surface area (Å²) in [6.45, 7) is 6.55. The molecule has 5 nitrogen and oxygen atoms in total. The highest BCUT2D eigenvalue weighted by atomic mass is 15.3. The van der Waals surface area contributed by atoms with Gasteiger partial charge in [0.05, 0.1) is 6.54 Å². The van der Waals surface area contributed by atoms with Crippen LogP contribution >= 0.6 is 0 Å². The Bertz CT molecular complexity index is 738. The molecule has 0 unspecified atom stereocenters. The lowest BCUT2D eigenvalue weighted by Gasteiger charge is -2.10. The third-order valence-corrected chi connectivity index (χ3v) is 3.62. The van der Waals surface area contributed by atoms with E-state index < -0.39 is 0 Å². The Kier molecular flexibility index (Phi) is 3.75. The molecular weight excluding hydrogens is 262 g/mol. The molecule has 2 aromatic heterocycles. The van der Waals surface area contributed by atoms with Crippen LogP contribution in [0.25, 0.3) is 10.9 Å². The van der Waals surface area contributed by atoms with Crippen LogP contribution in [0.5, 0.6) is 0 Å². The van der Waals surface area contributed by atoms with Crippen molar-refractivity contribution in [2.45, 2.75) is 33.5 Å². The van der Waals surface area contributed by atoms with E-state index in [1.807, 2.05) is 4.68 Å². The van der Waals surface area contributed by atoms with Crippen molar-refractivity contribution in [3.05, 3.63) is 48.2 Å². The number of fused-ring (bicyclic) bond motifs is 1. The van der Waals surface area contributed by atoms with Crippen molar-refractivity contribution in [2.75, 3.05) is 0 Å². The molecule has 2 heterocycles. The van der Waals surface area contributed by atoms with Crippen LogP contribution in [0, 0.1) is 5.92 Å². The van der Waals surface area contributed by atoms with E-state index in [9.17, 15) is 0 Å². The Balaban J connectivity index is 1.93. The van der Waals surface area contributed by atoms with Crippen molar-refractivity contribution < 1.29 is 0 Å². The molecule has 1 aromatic carbocycles. The van der Waals surface area contributed by atoms with Gasteiger partial charge in [-0.05, 0) is 29.0 Å². The second-order valence-electron chi connectivity index (χ2n) is 5.79. The largest absolute Gasteiger partial charge is 0.340 e. The molecule has 0 aliphatic heterocycles. The van der Waals surface area contributed by atoms with Crippen LogP contribution in [0.3, 0.4) is 0 Å². The molecule has 0 bridgehead atoms. The molecule has 0 radical (unpaired) electrons. The van der Waals surface area contributed by atoms with Gasteiger partial charge in [-0.3, -0.25) is 0 Å². The summed E-state index contributed by atoms with van der Waals surface area (Å²) in [5, 5.41) is 5.55. The number of hydrogen-bond donors (Lipinski definition) is 1. The highest BCUT2D eigenvalue weighted by molar-refractivity contribution is 5.80. The van der Waals surface area contributed by atoms with Gasteiger partial charge >= 0.3 is 0 Å². The van der Waals surface area contributed by atoms with Gasteiger partial charge in [0.25, 0.3) is 0 Å². The van der Waals surface area contributed by atoms with Crippen LogP contribution in [0.2, 0.25) is 0 Å². The Morgan fingerprint density at radius 2 is 2.10 bits per heavy atom. The first-order valence-electron chi connectivity index (χ1n) is 7.32. The molecule has 0 atom stereocenters. The summed E-state index contributed by atoms with van der Waals surface area (Å²) in [4.78, 5) is 4.40. The summed E-state index contributed by atoms with van der Waals surface area (Å²) in [6.07, 6.45) is 3.73. The number of nitrogens with two attached hydrogens (primary N) is 1. The first-order valence-corrected chi connectivity index (χ1v) is 7.32. The first kappa shape index (κ1) is 13.8. The minimum absolute atomic E-state index is 0.552. The molecule has 0 spiro atoms. The zero-order valence-corrected chi connectivity index (χ0v) is 12.5. The zero-order valence-electron chi connectivity index (χ0n) is 12.5. The van der Waals surface area contributed by atoms with E-state index in [0.29, 0.717) is 12.5 Å². The Hall–Kier alpha value is -2.14. The number of aromatic nitrogens is 4. The molecule has 110 valence electrons. The highest BCUT2D eigenvalue weighted by Crippen LogP contribution is 2.18. The first-order chi connectivity index (χ1) is 10.2. The second-order valence-corrected chi connectivity index (χ2v) is 5.79. The van der Waals surface area contributed by atoms with E-state index in [4.69, 9.17) is 5.73 Å². The summed E-state index contributed by atoms with van der Waals surface area (Å²) < 4.78 is 4.19. The zero-order chi connectivity index (χ0) is 14.8. The van der Waals surface area contributed by atoms with E-state index in [1.165, 1.54) is 10.9 Å². The van der Waals surface area contributed by atoms with Crippen molar-refractivity contribution in [3.8, 4) is 0 Å². The van der Waals surface area contributed by atoms with Crippen molar-refractivity contribution in [3.63, 3.8) is 0 Å². The van der Waals surface area contributed by atoms with Crippen LogP contribution in [-0.2, 0) is 19.6 Å². The van der Waals surface area contributed by atoms with Crippen molar-refractivity contribution in [1.82, 2.24) is 19.3 Å². The number of rotatable bonds is 5. The molecule has 21 heavy (non-hydrogen) atoms. The average molecular weight is 283 g/mol. The highest BCUT2D eigenvalue weighted by Gasteiger charge is 2.09. The maximum Gasteiger partial charge on any atom is 0.146 e. The minimum atomic E-state index is 0.552. The lowest BCUT2D eigenvalue weighted by molar-refractivity contribution is 0.462. The van der Waals surface area contributed by atoms with E-state index in [2.05, 4.69) is 59.0 Å². The van der Waals surface area contributed by atoms with Crippen LogP contribution in [0.4, 0.5) is 0 Å². The SMILES string of the molecule is CC(C)Cn1ncnc1Cn1ccc2ccc(CN)cc21. The van der Waals surface area contributed by atoms with E-state index in [1.54, 1.807) is 6.33 Å². The fraction of sp³-hybridized carbons (Fsp3) is 0.375. The molecule has 3 rings (SSSR count). The van der Waals surface area contributed by atoms with E-state index in [-0.39, 0.29) is 0 Å². The standard InChI is InChI=1S/C16H21N5/c1-12(2)9-21-16(18-11-19-21)10-20-6-5-14-4-3-13(8-17)7-15(14)20/h3-7,11-12H,8-10,17H2,1-2H3. The topological polar surface area (TPSA) is 61.7 Å². The predicted octanol–water partition coefficient (Wildman–Crippen LogP) is 2.40. The monoisotopic (exact) mass is 283 g/mol. The molecule has 2 N–H and O–H groups in total. The van der Waals surface area contributed by atoms with Crippen LogP contribution < -0.4 is 5.73 Å². The Labute approximate surface area is 124 Å². The molecule has 0 saturated heterocycles. The van der Waals surface area contributed by atoms with Gasteiger partial charge in [-0.15, -0.1) is 0 Å². The smallest absolute Gasteiger partial charge is 0.146 e. The molecular formula is C16H21N5. The summed E-state index contributed by atoms with van der Waals surface area (Å²) in [7, 11) is 0. The summed E-state index contributed by atoms with van der Waals surface area (Å²) in [5.41, 5.74) is 8.08. The van der Waals surface area contributed by atoms with Gasteiger partial charge in [-0.1, -0.05) is 26.0 Å². The van der Waals surface area contributed by atoms with Gasteiger partial charge in [0.15, 0.2) is 0 Å². The maximum atomic E-state index is 5.74. The Morgan fingerprint density at radius 1 is 1.24 bits per heavy atom. The van der Waals surface area contributed by atoms with Gasteiger partial charge in [-0.2, -0.15) is 5.10 Å². The summed E-state index contributed by atoms with van der Waals surface area (Å²) in [6, 6.07) is 8.47. The normalized spacial score (nSPS) is 11.6. The minimum Gasteiger partial charge on any atom is -0.340 e. The molecule has 0 aliphatic rings. The third kappa shape index (κ3) is 2.83. The fourth-order valence-corrected chi connectivity index (χ4v) is 2.56. The molecule has 0 fully saturated rings. The lowest BCUT2D eigenvalue weighted by atomic mass is 10.1. The lowest BCUT2D eigenvalue weighted by Crippen LogP contribution is -2.13. The van der Waals surface area contributed by atoms with Crippen molar-refractivity contribution in [1.29, 1.82) is 0 Å². The van der Waals surface area contributed by atoms with Gasteiger partial charge < -0.3 is 10.3 Å². The Morgan fingerprint density at radius 3 is 2.86 bits per heavy atom.